The van der Waals surface area contributed by atoms with Crippen molar-refractivity contribution in [2.75, 3.05) is 0 Å². The summed E-state index contributed by atoms with van der Waals surface area (Å²) in [5.41, 5.74) is 0. The van der Waals surface area contributed by atoms with Gasteiger partial charge in [-0.05, 0) is 11.0 Å². The Bertz CT molecular complexity index is 11.6. The van der Waals surface area contributed by atoms with Crippen LogP contribution in [0.15, 0.2) is 0 Å². The van der Waals surface area contributed by atoms with Crippen LogP contribution in [0.1, 0.15) is 0 Å². The first kappa shape index (κ1) is 69.4. The van der Waals surface area contributed by atoms with Gasteiger partial charge in [0.2, 0.25) is 0 Å². The van der Waals surface area contributed by atoms with E-state index in [0.29, 0.717) is 0 Å². The molecule has 5 heavy (non-hydrogen) atoms. The third kappa shape index (κ3) is 25.6. The molecule has 0 amide bonds. The fourth-order valence-electron chi connectivity index (χ4n) is 0. The zero-order valence-corrected chi connectivity index (χ0v) is 7.65. The monoisotopic (exact) mass is 220 g/mol. The van der Waals surface area contributed by atoms with Gasteiger partial charge in [0.05, 0.1) is 0 Å². The van der Waals surface area contributed by atoms with Crippen molar-refractivity contribution in [1.29, 1.82) is 0 Å². The van der Waals surface area contributed by atoms with Gasteiger partial charge >= 0.3 is 0 Å². The van der Waals surface area contributed by atoms with Gasteiger partial charge in [-0.25, -0.2) is 0 Å². The number of hydrogen-bond acceptors (Lipinski definition) is 0. The maximum atomic E-state index is 0. The molecule has 0 aromatic carbocycles. The van der Waals surface area contributed by atoms with Crippen molar-refractivity contribution >= 4 is 19.4 Å². The molecule has 0 saturated heterocycles. The van der Waals surface area contributed by atoms with Crippen molar-refractivity contribution in [2.24, 2.45) is 0 Å². The Labute approximate surface area is 70.0 Å². The zero-order chi connectivity index (χ0) is 0. The summed E-state index contributed by atoms with van der Waals surface area (Å²) in [4.78, 5) is 0. The normalized spacial score (nSPS) is 0. The van der Waals surface area contributed by atoms with Gasteiger partial charge in [-0.3, -0.25) is 0 Å². The minimum absolute atomic E-state index is 0. The van der Waals surface area contributed by atoms with E-state index in [1.165, 1.54) is 0 Å². The second kappa shape index (κ2) is 40.7. The van der Waals surface area contributed by atoms with Gasteiger partial charge in [-0.2, -0.15) is 0 Å². The largest absolute Gasteiger partial charge is 0.0125 e. The minimum atomic E-state index is 0. The van der Waals surface area contributed by atoms with Gasteiger partial charge in [0.15, 0.2) is 0 Å². The SMILES string of the molecule is [B].[Co].[Cu].[Fe].[SiH3]. The van der Waals surface area contributed by atoms with Crippen molar-refractivity contribution in [3.63, 3.8) is 0 Å². The van der Waals surface area contributed by atoms with Crippen LogP contribution in [0.4, 0.5) is 0 Å². The molecule has 0 rings (SSSR count). The Morgan fingerprint density at radius 2 is 1.00 bits per heavy atom. The fraction of sp³-hybridized carbons (Fsp3) is 0. The molecule has 0 saturated carbocycles. The molecule has 0 aromatic rings. The molecule has 0 aliphatic carbocycles. The second-order valence-corrected chi connectivity index (χ2v) is 0. The van der Waals surface area contributed by atoms with Crippen molar-refractivity contribution in [1.82, 2.24) is 0 Å². The van der Waals surface area contributed by atoms with E-state index in [9.17, 15) is 0 Å². The average Bonchev–Trinajstić information content (AvgIpc) is 0. The Balaban J connectivity index is 0. The summed E-state index contributed by atoms with van der Waals surface area (Å²) in [6.07, 6.45) is 0. The van der Waals surface area contributed by atoms with Crippen LogP contribution in [0.3, 0.4) is 0 Å². The van der Waals surface area contributed by atoms with Crippen LogP contribution in [0.5, 0.6) is 0 Å². The fourth-order valence-corrected chi connectivity index (χ4v) is 0. The molecule has 0 aliphatic heterocycles. The molecule has 38 valence electrons. The van der Waals surface area contributed by atoms with Crippen LogP contribution in [0.2, 0.25) is 0 Å². The molecular formula is H3BCoCuFeSi. The van der Waals surface area contributed by atoms with Crippen LogP contribution in [-0.2, 0) is 50.9 Å². The third-order valence-corrected chi connectivity index (χ3v) is 0. The second-order valence-electron chi connectivity index (χ2n) is 0. The molecule has 0 aliphatic rings. The molecule has 0 atom stereocenters. The van der Waals surface area contributed by atoms with Crippen molar-refractivity contribution in [3.05, 3.63) is 0 Å². The van der Waals surface area contributed by atoms with Gasteiger partial charge in [-0.15, -0.1) is 0 Å². The molecule has 5 heteroatoms. The van der Waals surface area contributed by atoms with Crippen LogP contribution in [0.25, 0.3) is 0 Å². The van der Waals surface area contributed by atoms with Crippen LogP contribution < -0.4 is 0 Å². The van der Waals surface area contributed by atoms with E-state index in [0.717, 1.165) is 0 Å². The topological polar surface area (TPSA) is 0 Å². The Morgan fingerprint density at radius 3 is 1.00 bits per heavy atom. The number of hydrogen-bond donors (Lipinski definition) is 0. The summed E-state index contributed by atoms with van der Waals surface area (Å²) in [5, 5.41) is 0. The van der Waals surface area contributed by atoms with E-state index >= 15 is 0 Å². The van der Waals surface area contributed by atoms with Crippen LogP contribution in [0, 0.1) is 0 Å². The van der Waals surface area contributed by atoms with Crippen LogP contribution >= 0.6 is 0 Å². The Hall–Kier alpha value is 1.83. The first-order valence-corrected chi connectivity index (χ1v) is 0. The summed E-state index contributed by atoms with van der Waals surface area (Å²) < 4.78 is 0. The van der Waals surface area contributed by atoms with E-state index in [1.54, 1.807) is 0 Å². The first-order valence-electron chi connectivity index (χ1n) is 0. The van der Waals surface area contributed by atoms with E-state index in [1.807, 2.05) is 0 Å². The van der Waals surface area contributed by atoms with Gasteiger partial charge in [0, 0.05) is 59.3 Å². The minimum Gasteiger partial charge on any atom is -0.0125 e. The summed E-state index contributed by atoms with van der Waals surface area (Å²) in [6, 6.07) is 0. The van der Waals surface area contributed by atoms with Crippen molar-refractivity contribution in [3.8, 4) is 0 Å². The van der Waals surface area contributed by atoms with Gasteiger partial charge < -0.3 is 0 Å². The smallest absolute Gasteiger partial charge is 0 e. The molecule has 0 spiro atoms. The molecule has 0 N–H and O–H groups in total. The van der Waals surface area contributed by atoms with E-state index in [4.69, 9.17) is 0 Å². The van der Waals surface area contributed by atoms with E-state index in [2.05, 4.69) is 0 Å². The summed E-state index contributed by atoms with van der Waals surface area (Å²) in [5.74, 6) is 0. The summed E-state index contributed by atoms with van der Waals surface area (Å²) in [6.45, 7) is 0. The van der Waals surface area contributed by atoms with E-state index < -0.39 is 0 Å². The molecular weight excluding hydrogens is 217 g/mol. The molecule has 6 radical (unpaired) electrons. The first-order chi connectivity index (χ1) is 0. The molecule has 0 heterocycles. The molecule has 0 nitrogen and oxygen atoms in total. The zero-order valence-electron chi connectivity index (χ0n) is 2.57. The average molecular weight is 220 g/mol. The Morgan fingerprint density at radius 1 is 1.00 bits per heavy atom. The van der Waals surface area contributed by atoms with E-state index in [-0.39, 0.29) is 70.3 Å². The van der Waals surface area contributed by atoms with Crippen molar-refractivity contribution in [2.45, 2.75) is 0 Å². The molecule has 0 fully saturated rings. The van der Waals surface area contributed by atoms with Crippen molar-refractivity contribution < 1.29 is 50.9 Å². The molecule has 0 unspecified atom stereocenters. The van der Waals surface area contributed by atoms with Crippen LogP contribution in [-0.4, -0.2) is 19.4 Å². The molecule has 0 bridgehead atoms. The molecule has 0 aromatic heterocycles. The summed E-state index contributed by atoms with van der Waals surface area (Å²) >= 11 is 0. The predicted octanol–water partition coefficient (Wildman–Crippen LogP) is -1.57. The maximum absolute atomic E-state index is 0. The maximum Gasteiger partial charge on any atom is 0 e. The van der Waals surface area contributed by atoms with Gasteiger partial charge in [0.1, 0.15) is 0 Å². The number of rotatable bonds is 0. The predicted molar refractivity (Wildman–Crippen MR) is 15.7 cm³/mol. The Kier molecular flexibility index (Phi) is 565. The third-order valence-electron chi connectivity index (χ3n) is 0. The summed E-state index contributed by atoms with van der Waals surface area (Å²) in [7, 11) is 0. The standard InChI is InChI=1S/B.Co.Cu.Fe.H3Si/h;;;;1H3. The van der Waals surface area contributed by atoms with Gasteiger partial charge in [-0.1, -0.05) is 0 Å². The quantitative estimate of drug-likeness (QED) is 0.433. The van der Waals surface area contributed by atoms with Gasteiger partial charge in [0.25, 0.3) is 0 Å².